The first-order valence-corrected chi connectivity index (χ1v) is 8.74. The van der Waals surface area contributed by atoms with Gasteiger partial charge in [-0.15, -0.1) is 11.3 Å². The van der Waals surface area contributed by atoms with Gasteiger partial charge in [-0.05, 0) is 48.7 Å². The van der Waals surface area contributed by atoms with E-state index in [4.69, 9.17) is 0 Å². The number of rotatable bonds is 4. The van der Waals surface area contributed by atoms with Crippen LogP contribution < -0.4 is 5.32 Å². The number of amides is 1. The molecule has 0 saturated carbocycles. The highest BCUT2D eigenvalue weighted by Crippen LogP contribution is 2.37. The van der Waals surface area contributed by atoms with Crippen LogP contribution in [0.25, 0.3) is 11.1 Å². The molecule has 2 N–H and O–H groups in total. The molecule has 6 heteroatoms. The molecule has 4 nitrogen and oxygen atoms in total. The monoisotopic (exact) mass is 369 g/mol. The van der Waals surface area contributed by atoms with Crippen LogP contribution in [0.2, 0.25) is 0 Å². The van der Waals surface area contributed by atoms with E-state index in [2.05, 4.69) is 5.32 Å². The average molecular weight is 369 g/mol. The molecule has 0 atom stereocenters. The Hall–Kier alpha value is -2.99. The maximum atomic E-state index is 13.3. The van der Waals surface area contributed by atoms with E-state index in [9.17, 15) is 19.1 Å². The van der Waals surface area contributed by atoms with E-state index in [0.717, 1.165) is 34.1 Å². The lowest BCUT2D eigenvalue weighted by Crippen LogP contribution is -2.13. The van der Waals surface area contributed by atoms with Crippen molar-refractivity contribution in [3.8, 4) is 11.1 Å². The Bertz CT molecular complexity index is 1010. The van der Waals surface area contributed by atoms with Gasteiger partial charge in [0.05, 0.1) is 0 Å². The quantitative estimate of drug-likeness (QED) is 0.671. The van der Waals surface area contributed by atoms with Crippen molar-refractivity contribution in [1.82, 2.24) is 0 Å². The Kier molecular flexibility index (Phi) is 4.86. The minimum atomic E-state index is -1.13. The van der Waals surface area contributed by atoms with Gasteiger partial charge >= 0.3 is 5.97 Å². The maximum Gasteiger partial charge on any atom is 0.339 e. The number of hydrogen-bond donors (Lipinski definition) is 2. The van der Waals surface area contributed by atoms with Gasteiger partial charge in [0.15, 0.2) is 0 Å². The molecule has 0 unspecified atom stereocenters. The van der Waals surface area contributed by atoms with Gasteiger partial charge in [0, 0.05) is 16.5 Å². The van der Waals surface area contributed by atoms with Gasteiger partial charge in [-0.2, -0.15) is 0 Å². The smallest absolute Gasteiger partial charge is 0.339 e. The summed E-state index contributed by atoms with van der Waals surface area (Å²) in [6.07, 6.45) is 0. The molecule has 0 fully saturated rings. The van der Waals surface area contributed by atoms with E-state index in [1.165, 1.54) is 18.2 Å². The standard InChI is InChI=1S/C20H16FNO3S/c1-11-5-3-8-15(12(11)2)16-10-26-19(17(16)20(24)25)22-18(23)13-6-4-7-14(21)9-13/h3-10H,1-2H3,(H,22,23)(H,24,25). The predicted molar refractivity (Wildman–Crippen MR) is 101 cm³/mol. The second-order valence-electron chi connectivity index (χ2n) is 5.87. The molecule has 26 heavy (non-hydrogen) atoms. The highest BCUT2D eigenvalue weighted by molar-refractivity contribution is 7.15. The molecule has 1 heterocycles. The molecule has 1 amide bonds. The van der Waals surface area contributed by atoms with Gasteiger partial charge in [0.25, 0.3) is 5.91 Å². The van der Waals surface area contributed by atoms with Crippen molar-refractivity contribution in [2.45, 2.75) is 13.8 Å². The number of anilines is 1. The lowest BCUT2D eigenvalue weighted by Gasteiger charge is -2.09. The molecular weight excluding hydrogens is 353 g/mol. The average Bonchev–Trinajstić information content (AvgIpc) is 3.01. The molecule has 0 bridgehead atoms. The summed E-state index contributed by atoms with van der Waals surface area (Å²) in [6.45, 7) is 3.89. The van der Waals surface area contributed by atoms with Crippen LogP contribution in [0, 0.1) is 19.7 Å². The lowest BCUT2D eigenvalue weighted by atomic mass is 9.96. The number of benzene rings is 2. The number of aryl methyl sites for hydroxylation is 1. The highest BCUT2D eigenvalue weighted by Gasteiger charge is 2.22. The molecule has 0 aliphatic heterocycles. The van der Waals surface area contributed by atoms with E-state index in [-0.39, 0.29) is 16.1 Å². The van der Waals surface area contributed by atoms with Gasteiger partial charge in [-0.3, -0.25) is 4.79 Å². The third-order valence-corrected chi connectivity index (χ3v) is 5.11. The van der Waals surface area contributed by atoms with Crippen molar-refractivity contribution in [2.75, 3.05) is 5.32 Å². The summed E-state index contributed by atoms with van der Waals surface area (Å²) in [6, 6.07) is 10.9. The van der Waals surface area contributed by atoms with Gasteiger partial charge < -0.3 is 10.4 Å². The number of hydrogen-bond acceptors (Lipinski definition) is 3. The molecule has 3 aromatic rings. The summed E-state index contributed by atoms with van der Waals surface area (Å²) in [4.78, 5) is 24.2. The predicted octanol–water partition coefficient (Wildman–Crippen LogP) is 5.12. The van der Waals surface area contributed by atoms with Gasteiger partial charge in [-0.25, -0.2) is 9.18 Å². The van der Waals surface area contributed by atoms with E-state index >= 15 is 0 Å². The van der Waals surface area contributed by atoms with Crippen LogP contribution in [-0.4, -0.2) is 17.0 Å². The van der Waals surface area contributed by atoms with E-state index < -0.39 is 17.7 Å². The number of aromatic carboxylic acids is 1. The summed E-state index contributed by atoms with van der Waals surface area (Å²) in [5.74, 6) is -2.21. The summed E-state index contributed by atoms with van der Waals surface area (Å²) < 4.78 is 13.3. The van der Waals surface area contributed by atoms with Crippen molar-refractivity contribution in [1.29, 1.82) is 0 Å². The topological polar surface area (TPSA) is 66.4 Å². The molecular formula is C20H16FNO3S. The molecule has 0 saturated heterocycles. The first kappa shape index (κ1) is 17.8. The van der Waals surface area contributed by atoms with Gasteiger partial charge in [-0.1, -0.05) is 24.3 Å². The molecule has 0 radical (unpaired) electrons. The fourth-order valence-corrected chi connectivity index (χ4v) is 3.66. The SMILES string of the molecule is Cc1cccc(-c2csc(NC(=O)c3cccc(F)c3)c2C(=O)O)c1C. The fourth-order valence-electron chi connectivity index (χ4n) is 2.71. The van der Waals surface area contributed by atoms with Crippen molar-refractivity contribution < 1.29 is 19.1 Å². The summed E-state index contributed by atoms with van der Waals surface area (Å²) in [5, 5.41) is 14.2. The molecule has 3 rings (SSSR count). The Morgan fingerprint density at radius 3 is 2.50 bits per heavy atom. The van der Waals surface area contributed by atoms with Crippen molar-refractivity contribution >= 4 is 28.2 Å². The summed E-state index contributed by atoms with van der Waals surface area (Å²) in [7, 11) is 0. The summed E-state index contributed by atoms with van der Waals surface area (Å²) in [5.41, 5.74) is 3.56. The second-order valence-corrected chi connectivity index (χ2v) is 6.75. The van der Waals surface area contributed by atoms with Crippen molar-refractivity contribution in [2.24, 2.45) is 0 Å². The van der Waals surface area contributed by atoms with E-state index in [1.807, 2.05) is 32.0 Å². The molecule has 2 aromatic carbocycles. The third kappa shape index (κ3) is 3.36. The fraction of sp³-hybridized carbons (Fsp3) is 0.100. The molecule has 1 aromatic heterocycles. The second kappa shape index (κ2) is 7.09. The molecule has 0 spiro atoms. The maximum absolute atomic E-state index is 13.3. The van der Waals surface area contributed by atoms with E-state index in [1.54, 1.807) is 5.38 Å². The van der Waals surface area contributed by atoms with Crippen LogP contribution in [0.3, 0.4) is 0 Å². The van der Waals surface area contributed by atoms with E-state index in [0.29, 0.717) is 5.56 Å². The molecule has 132 valence electrons. The van der Waals surface area contributed by atoms with Crippen molar-refractivity contribution in [3.63, 3.8) is 0 Å². The number of carboxylic acids is 1. The van der Waals surface area contributed by atoms with Crippen LogP contribution in [0.15, 0.2) is 47.8 Å². The van der Waals surface area contributed by atoms with Gasteiger partial charge in [0.2, 0.25) is 0 Å². The Morgan fingerprint density at radius 1 is 1.08 bits per heavy atom. The minimum Gasteiger partial charge on any atom is -0.478 e. The lowest BCUT2D eigenvalue weighted by molar-refractivity contribution is 0.0699. The normalized spacial score (nSPS) is 10.6. The third-order valence-electron chi connectivity index (χ3n) is 4.21. The van der Waals surface area contributed by atoms with Crippen LogP contribution in [0.4, 0.5) is 9.39 Å². The Labute approximate surface area is 153 Å². The highest BCUT2D eigenvalue weighted by atomic mass is 32.1. The van der Waals surface area contributed by atoms with Crippen LogP contribution in [0.5, 0.6) is 0 Å². The zero-order valence-corrected chi connectivity index (χ0v) is 15.0. The largest absolute Gasteiger partial charge is 0.478 e. The number of carboxylic acid groups (broad SMARTS) is 1. The van der Waals surface area contributed by atoms with Crippen LogP contribution in [0.1, 0.15) is 31.8 Å². The zero-order chi connectivity index (χ0) is 18.8. The summed E-state index contributed by atoms with van der Waals surface area (Å²) >= 11 is 1.13. The molecule has 0 aliphatic rings. The first-order valence-electron chi connectivity index (χ1n) is 7.86. The minimum absolute atomic E-state index is 0.0356. The number of carbonyl (C=O) groups is 2. The number of halogens is 1. The Balaban J connectivity index is 2.02. The number of thiophene rings is 1. The van der Waals surface area contributed by atoms with Crippen LogP contribution in [-0.2, 0) is 0 Å². The molecule has 0 aliphatic carbocycles. The van der Waals surface area contributed by atoms with Gasteiger partial charge in [0.1, 0.15) is 16.4 Å². The van der Waals surface area contributed by atoms with Crippen molar-refractivity contribution in [3.05, 3.63) is 75.9 Å². The Morgan fingerprint density at radius 2 is 1.81 bits per heavy atom. The zero-order valence-electron chi connectivity index (χ0n) is 14.2. The number of nitrogens with one attached hydrogen (secondary N) is 1. The number of carbonyl (C=O) groups excluding carboxylic acids is 1. The van der Waals surface area contributed by atoms with Crippen LogP contribution >= 0.6 is 11.3 Å². The first-order chi connectivity index (χ1) is 12.4.